The van der Waals surface area contributed by atoms with E-state index in [0.29, 0.717) is 11.7 Å². The van der Waals surface area contributed by atoms with Crippen molar-refractivity contribution in [3.8, 4) is 11.4 Å². The van der Waals surface area contributed by atoms with Crippen LogP contribution in [0.1, 0.15) is 31.7 Å². The van der Waals surface area contributed by atoms with E-state index in [4.69, 9.17) is 4.74 Å². The first-order valence-corrected chi connectivity index (χ1v) is 8.51. The molecular formula is C19H21N5O2. The van der Waals surface area contributed by atoms with E-state index in [1.807, 2.05) is 36.4 Å². The van der Waals surface area contributed by atoms with E-state index < -0.39 is 0 Å². The lowest BCUT2D eigenvalue weighted by Gasteiger charge is -2.11. The first-order chi connectivity index (χ1) is 12.7. The summed E-state index contributed by atoms with van der Waals surface area (Å²) in [6.07, 6.45) is 2.58. The van der Waals surface area contributed by atoms with E-state index >= 15 is 0 Å². The lowest BCUT2D eigenvalue weighted by Crippen LogP contribution is -2.20. The van der Waals surface area contributed by atoms with Crippen LogP contribution in [0.4, 0.5) is 5.69 Å². The summed E-state index contributed by atoms with van der Waals surface area (Å²) < 4.78 is 7.08. The summed E-state index contributed by atoms with van der Waals surface area (Å²) in [5.74, 6) is 0.866. The number of carbonyl (C=O) groups is 1. The number of carbonyl (C=O) groups excluding carboxylic acids is 1. The van der Waals surface area contributed by atoms with Crippen molar-refractivity contribution in [2.24, 2.45) is 0 Å². The number of anilines is 1. The number of hydrogen-bond donors (Lipinski definition) is 1. The van der Waals surface area contributed by atoms with Gasteiger partial charge in [-0.3, -0.25) is 4.79 Å². The van der Waals surface area contributed by atoms with Gasteiger partial charge < -0.3 is 10.1 Å². The number of hydrogen-bond acceptors (Lipinski definition) is 5. The predicted octanol–water partition coefficient (Wildman–Crippen LogP) is 3.19. The normalized spacial score (nSPS) is 11.8. The number of nitrogens with zero attached hydrogens (tertiary/aromatic N) is 4. The molecule has 1 aromatic heterocycles. The topological polar surface area (TPSA) is 81.9 Å². The summed E-state index contributed by atoms with van der Waals surface area (Å²) in [7, 11) is 0. The molecule has 0 bridgehead atoms. The van der Waals surface area contributed by atoms with Crippen LogP contribution in [0, 0.1) is 0 Å². The molecule has 7 nitrogen and oxygen atoms in total. The van der Waals surface area contributed by atoms with Crippen molar-refractivity contribution in [1.82, 2.24) is 20.2 Å². The molecule has 3 rings (SSSR count). The summed E-state index contributed by atoms with van der Waals surface area (Å²) in [4.78, 5) is 12.1. The second-order valence-corrected chi connectivity index (χ2v) is 6.02. The summed E-state index contributed by atoms with van der Waals surface area (Å²) in [6.45, 7) is 4.27. The molecule has 1 N–H and O–H groups in total. The molecule has 0 radical (unpaired) electrons. The van der Waals surface area contributed by atoms with Crippen molar-refractivity contribution in [3.05, 3.63) is 60.4 Å². The Hall–Kier alpha value is -3.22. The molecule has 0 aliphatic carbocycles. The molecule has 0 saturated heterocycles. The van der Waals surface area contributed by atoms with Crippen LogP contribution in [0.3, 0.4) is 0 Å². The minimum atomic E-state index is -0.214. The van der Waals surface area contributed by atoms with Gasteiger partial charge in [-0.25, -0.2) is 4.68 Å². The van der Waals surface area contributed by atoms with Crippen molar-refractivity contribution in [3.63, 3.8) is 0 Å². The summed E-state index contributed by atoms with van der Waals surface area (Å²) >= 11 is 0. The number of benzene rings is 2. The van der Waals surface area contributed by atoms with Crippen molar-refractivity contribution in [2.75, 3.05) is 11.9 Å². The minimum Gasteiger partial charge on any atom is -0.484 e. The molecule has 1 heterocycles. The Bertz CT molecular complexity index is 847. The van der Waals surface area contributed by atoms with Crippen LogP contribution < -0.4 is 10.1 Å². The highest BCUT2D eigenvalue weighted by molar-refractivity contribution is 5.91. The molecule has 0 unspecified atom stereocenters. The zero-order valence-electron chi connectivity index (χ0n) is 14.8. The maximum atomic E-state index is 12.1. The van der Waals surface area contributed by atoms with Gasteiger partial charge in [-0.05, 0) is 52.6 Å². The molecule has 0 aliphatic heterocycles. The Morgan fingerprint density at radius 3 is 2.73 bits per heavy atom. The summed E-state index contributed by atoms with van der Waals surface area (Å²) in [6, 6.07) is 15.1. The van der Waals surface area contributed by atoms with E-state index in [0.717, 1.165) is 17.8 Å². The Kier molecular flexibility index (Phi) is 5.58. The van der Waals surface area contributed by atoms with E-state index in [1.165, 1.54) is 16.6 Å². The fraction of sp³-hybridized carbons (Fsp3) is 0.263. The van der Waals surface area contributed by atoms with Crippen LogP contribution in [0.2, 0.25) is 0 Å². The largest absolute Gasteiger partial charge is 0.484 e. The fourth-order valence-electron chi connectivity index (χ4n) is 2.47. The molecule has 0 saturated carbocycles. The number of tetrazole rings is 1. The van der Waals surface area contributed by atoms with Crippen molar-refractivity contribution < 1.29 is 9.53 Å². The van der Waals surface area contributed by atoms with Crippen LogP contribution in [0.15, 0.2) is 54.9 Å². The Balaban J connectivity index is 1.55. The maximum Gasteiger partial charge on any atom is 0.262 e. The Morgan fingerprint density at radius 1 is 1.23 bits per heavy atom. The zero-order valence-corrected chi connectivity index (χ0v) is 14.8. The van der Waals surface area contributed by atoms with Gasteiger partial charge in [0.15, 0.2) is 6.61 Å². The molecule has 2 aromatic carbocycles. The highest BCUT2D eigenvalue weighted by Gasteiger charge is 2.07. The van der Waals surface area contributed by atoms with E-state index in [-0.39, 0.29) is 12.5 Å². The summed E-state index contributed by atoms with van der Waals surface area (Å²) in [5.41, 5.74) is 2.78. The van der Waals surface area contributed by atoms with Gasteiger partial charge >= 0.3 is 0 Å². The first-order valence-electron chi connectivity index (χ1n) is 8.51. The quantitative estimate of drug-likeness (QED) is 0.707. The highest BCUT2D eigenvalue weighted by atomic mass is 16.5. The zero-order chi connectivity index (χ0) is 18.4. The molecule has 3 aromatic rings. The second kappa shape index (κ2) is 8.24. The first kappa shape index (κ1) is 17.6. The van der Waals surface area contributed by atoms with Gasteiger partial charge in [0.05, 0.1) is 5.69 Å². The minimum absolute atomic E-state index is 0.0772. The number of nitrogens with one attached hydrogen (secondary N) is 1. The third-order valence-corrected chi connectivity index (χ3v) is 4.18. The van der Waals surface area contributed by atoms with Gasteiger partial charge in [-0.15, -0.1) is 5.10 Å². The van der Waals surface area contributed by atoms with Gasteiger partial charge in [-0.1, -0.05) is 32.0 Å². The van der Waals surface area contributed by atoms with Crippen LogP contribution >= 0.6 is 0 Å². The van der Waals surface area contributed by atoms with Crippen molar-refractivity contribution in [2.45, 2.75) is 26.2 Å². The van der Waals surface area contributed by atoms with E-state index in [9.17, 15) is 4.79 Å². The van der Waals surface area contributed by atoms with Crippen molar-refractivity contribution >= 4 is 11.6 Å². The van der Waals surface area contributed by atoms with E-state index in [1.54, 1.807) is 12.1 Å². The number of amides is 1. The smallest absolute Gasteiger partial charge is 0.262 e. The second-order valence-electron chi connectivity index (χ2n) is 6.02. The van der Waals surface area contributed by atoms with Crippen LogP contribution in [-0.2, 0) is 4.79 Å². The van der Waals surface area contributed by atoms with Gasteiger partial charge in [-0.2, -0.15) is 0 Å². The molecule has 1 amide bonds. The Morgan fingerprint density at radius 2 is 2.04 bits per heavy atom. The van der Waals surface area contributed by atoms with E-state index in [2.05, 4.69) is 34.7 Å². The lowest BCUT2D eigenvalue weighted by molar-refractivity contribution is -0.118. The standard InChI is InChI=1S/C19H21N5O2/c1-3-14(2)15-7-9-16(10-8-15)21-19(25)12-26-18-6-4-5-17(11-18)24-13-20-22-23-24/h4-11,13-14H,3,12H2,1-2H3,(H,21,25)/t14-/m1/s1. The fourth-order valence-corrected chi connectivity index (χ4v) is 2.47. The van der Waals surface area contributed by atoms with Crippen LogP contribution in [0.25, 0.3) is 5.69 Å². The highest BCUT2D eigenvalue weighted by Crippen LogP contribution is 2.20. The van der Waals surface area contributed by atoms with Crippen LogP contribution in [-0.4, -0.2) is 32.7 Å². The Labute approximate surface area is 152 Å². The van der Waals surface area contributed by atoms with Gasteiger partial charge in [0.25, 0.3) is 5.91 Å². The molecule has 0 fully saturated rings. The average molecular weight is 351 g/mol. The molecule has 0 aliphatic rings. The molecule has 0 spiro atoms. The maximum absolute atomic E-state index is 12.1. The third-order valence-electron chi connectivity index (χ3n) is 4.18. The molecule has 26 heavy (non-hydrogen) atoms. The number of rotatable bonds is 7. The lowest BCUT2D eigenvalue weighted by atomic mass is 9.99. The summed E-state index contributed by atoms with van der Waals surface area (Å²) in [5, 5.41) is 13.9. The van der Waals surface area contributed by atoms with Gasteiger partial charge in [0, 0.05) is 11.8 Å². The molecule has 134 valence electrons. The SMILES string of the molecule is CC[C@@H](C)c1ccc(NC(=O)COc2cccc(-n3cnnn3)c2)cc1. The average Bonchev–Trinajstić information content (AvgIpc) is 3.21. The monoisotopic (exact) mass is 351 g/mol. The van der Waals surface area contributed by atoms with Gasteiger partial charge in [0.2, 0.25) is 0 Å². The molecule has 1 atom stereocenters. The third kappa shape index (κ3) is 4.44. The molecule has 7 heteroatoms. The van der Waals surface area contributed by atoms with Crippen molar-refractivity contribution in [1.29, 1.82) is 0 Å². The number of aromatic nitrogens is 4. The number of ether oxygens (including phenoxy) is 1. The van der Waals surface area contributed by atoms with Crippen LogP contribution in [0.5, 0.6) is 5.75 Å². The molecular weight excluding hydrogens is 330 g/mol. The predicted molar refractivity (Wildman–Crippen MR) is 98.4 cm³/mol. The van der Waals surface area contributed by atoms with Gasteiger partial charge in [0.1, 0.15) is 12.1 Å².